The Kier molecular flexibility index (Phi) is 10.9. The van der Waals surface area contributed by atoms with Crippen molar-refractivity contribution in [1.29, 1.82) is 0 Å². The first-order chi connectivity index (χ1) is 22.3. The average Bonchev–Trinajstić information content (AvgIpc) is 3.54. The number of ether oxygens (including phenoxy) is 1. The third-order valence-corrected chi connectivity index (χ3v) is 8.71. The number of carbonyl (C=O) groups excluding carboxylic acids is 3. The summed E-state index contributed by atoms with van der Waals surface area (Å²) in [6, 6.07) is 30.2. The highest BCUT2D eigenvalue weighted by molar-refractivity contribution is 8.00. The monoisotopic (exact) mass is 668 g/mol. The number of thiazole rings is 1. The van der Waals surface area contributed by atoms with Crippen molar-refractivity contribution in [3.63, 3.8) is 0 Å². The van der Waals surface area contributed by atoms with Crippen LogP contribution in [0.2, 0.25) is 5.02 Å². The van der Waals surface area contributed by atoms with Crippen LogP contribution < -0.4 is 20.7 Å². The number of nitrogens with zero attached hydrogens (tertiary/aromatic N) is 1. The highest BCUT2D eigenvalue weighted by Crippen LogP contribution is 2.29. The van der Waals surface area contributed by atoms with Crippen molar-refractivity contribution in [3.8, 4) is 17.0 Å². The summed E-state index contributed by atoms with van der Waals surface area (Å²) in [5.41, 5.74) is 3.34. The molecule has 1 heterocycles. The van der Waals surface area contributed by atoms with Gasteiger partial charge in [0.05, 0.1) is 18.1 Å². The zero-order valence-corrected chi connectivity index (χ0v) is 27.2. The first kappa shape index (κ1) is 32.5. The number of benzene rings is 4. The van der Waals surface area contributed by atoms with E-state index in [-0.39, 0.29) is 11.6 Å². The van der Waals surface area contributed by atoms with E-state index < -0.39 is 17.1 Å². The van der Waals surface area contributed by atoms with Crippen LogP contribution in [0.3, 0.4) is 0 Å². The highest BCUT2D eigenvalue weighted by Gasteiger charge is 2.18. The third-order valence-electron chi connectivity index (χ3n) is 6.60. The fourth-order valence-corrected chi connectivity index (χ4v) is 5.98. The Hall–Kier alpha value is -4.90. The molecule has 5 rings (SSSR count). The van der Waals surface area contributed by atoms with Gasteiger partial charge in [0, 0.05) is 32.1 Å². The van der Waals surface area contributed by atoms with Gasteiger partial charge < -0.3 is 20.7 Å². The minimum absolute atomic E-state index is 0.0550. The Labute approximate surface area is 279 Å². The molecule has 0 aliphatic rings. The van der Waals surface area contributed by atoms with Crippen molar-refractivity contribution in [2.24, 2.45) is 0 Å². The van der Waals surface area contributed by atoms with E-state index in [9.17, 15) is 14.4 Å². The molecule has 0 radical (unpaired) electrons. The number of aromatic nitrogens is 1. The Bertz CT molecular complexity index is 1860. The quantitative estimate of drug-likeness (QED) is 0.0972. The van der Waals surface area contributed by atoms with Gasteiger partial charge in [-0.2, -0.15) is 0 Å². The number of hydrogen-bond acceptors (Lipinski definition) is 7. The van der Waals surface area contributed by atoms with Crippen LogP contribution in [0.15, 0.2) is 119 Å². The first-order valence-corrected chi connectivity index (χ1v) is 16.2. The lowest BCUT2D eigenvalue weighted by Crippen LogP contribution is -2.30. The Morgan fingerprint density at radius 3 is 2.37 bits per heavy atom. The SMILES string of the molecule is COc1ccc(-c2csc(NC(=O)C(C)Sc3cccc(NC(=O)/C(=C/c4ccc(Cl)cc4)NC(=O)c4ccccc4)c3)n2)cc1. The third kappa shape index (κ3) is 8.85. The van der Waals surface area contributed by atoms with Crippen LogP contribution in [-0.2, 0) is 9.59 Å². The van der Waals surface area contributed by atoms with E-state index in [0.29, 0.717) is 27.0 Å². The molecule has 3 N–H and O–H groups in total. The second-order valence-corrected chi connectivity index (χ2v) is 12.6. The summed E-state index contributed by atoms with van der Waals surface area (Å²) in [5.74, 6) is -0.376. The van der Waals surface area contributed by atoms with Crippen LogP contribution in [0.25, 0.3) is 17.3 Å². The van der Waals surface area contributed by atoms with Gasteiger partial charge in [-0.25, -0.2) is 4.98 Å². The summed E-state index contributed by atoms with van der Waals surface area (Å²) in [7, 11) is 1.61. The molecule has 4 aromatic carbocycles. The molecular formula is C35H29ClN4O4S2. The lowest BCUT2D eigenvalue weighted by molar-refractivity contribution is -0.115. The minimum atomic E-state index is -0.511. The maximum Gasteiger partial charge on any atom is 0.272 e. The summed E-state index contributed by atoms with van der Waals surface area (Å²) >= 11 is 8.71. The smallest absolute Gasteiger partial charge is 0.272 e. The molecule has 0 fully saturated rings. The first-order valence-electron chi connectivity index (χ1n) is 14.1. The molecule has 11 heteroatoms. The van der Waals surface area contributed by atoms with Crippen LogP contribution in [0.1, 0.15) is 22.8 Å². The number of methoxy groups -OCH3 is 1. The molecule has 46 heavy (non-hydrogen) atoms. The number of rotatable bonds is 11. The van der Waals surface area contributed by atoms with Gasteiger partial charge in [-0.1, -0.05) is 48.0 Å². The summed E-state index contributed by atoms with van der Waals surface area (Å²) in [6.07, 6.45) is 1.58. The van der Waals surface area contributed by atoms with E-state index >= 15 is 0 Å². The molecule has 3 amide bonds. The van der Waals surface area contributed by atoms with E-state index in [1.54, 1.807) is 86.8 Å². The highest BCUT2D eigenvalue weighted by atomic mass is 35.5. The summed E-state index contributed by atoms with van der Waals surface area (Å²) in [4.78, 5) is 44.7. The van der Waals surface area contributed by atoms with Crippen molar-refractivity contribution < 1.29 is 19.1 Å². The van der Waals surface area contributed by atoms with Crippen LogP contribution in [-0.4, -0.2) is 35.1 Å². The van der Waals surface area contributed by atoms with Crippen LogP contribution >= 0.6 is 34.7 Å². The van der Waals surface area contributed by atoms with E-state index in [4.69, 9.17) is 16.3 Å². The molecule has 232 valence electrons. The molecule has 0 saturated heterocycles. The molecule has 0 saturated carbocycles. The van der Waals surface area contributed by atoms with Gasteiger partial charge in [-0.3, -0.25) is 14.4 Å². The van der Waals surface area contributed by atoms with Gasteiger partial charge in [0.25, 0.3) is 11.8 Å². The predicted molar refractivity (Wildman–Crippen MR) is 186 cm³/mol. The topological polar surface area (TPSA) is 109 Å². The van der Waals surface area contributed by atoms with Crippen LogP contribution in [0, 0.1) is 0 Å². The summed E-state index contributed by atoms with van der Waals surface area (Å²) in [6.45, 7) is 1.80. The molecule has 0 spiro atoms. The molecule has 1 unspecified atom stereocenters. The van der Waals surface area contributed by atoms with Crippen LogP contribution in [0.4, 0.5) is 10.8 Å². The number of thioether (sulfide) groups is 1. The van der Waals surface area contributed by atoms with Gasteiger partial charge in [-0.15, -0.1) is 23.1 Å². The second kappa shape index (κ2) is 15.4. The molecule has 5 aromatic rings. The van der Waals surface area contributed by atoms with Gasteiger partial charge in [0.15, 0.2) is 5.13 Å². The zero-order chi connectivity index (χ0) is 32.5. The van der Waals surface area contributed by atoms with Crippen molar-refractivity contribution >= 4 is 69.3 Å². The fourth-order valence-electron chi connectivity index (χ4n) is 4.20. The number of amides is 3. The zero-order valence-electron chi connectivity index (χ0n) is 24.8. The molecule has 8 nitrogen and oxygen atoms in total. The molecule has 0 aliphatic carbocycles. The number of halogens is 1. The maximum absolute atomic E-state index is 13.4. The lowest BCUT2D eigenvalue weighted by atomic mass is 10.1. The predicted octanol–water partition coefficient (Wildman–Crippen LogP) is 8.00. The van der Waals surface area contributed by atoms with E-state index in [0.717, 1.165) is 21.9 Å². The normalized spacial score (nSPS) is 11.8. The van der Waals surface area contributed by atoms with Crippen LogP contribution in [0.5, 0.6) is 5.75 Å². The minimum Gasteiger partial charge on any atom is -0.497 e. The summed E-state index contributed by atoms with van der Waals surface area (Å²) < 4.78 is 5.21. The van der Waals surface area contributed by atoms with Gasteiger partial charge in [0.2, 0.25) is 5.91 Å². The van der Waals surface area contributed by atoms with Gasteiger partial charge >= 0.3 is 0 Å². The summed E-state index contributed by atoms with van der Waals surface area (Å²) in [5, 5.41) is 11.0. The largest absolute Gasteiger partial charge is 0.497 e. The van der Waals surface area contributed by atoms with Crippen molar-refractivity contribution in [3.05, 3.63) is 130 Å². The van der Waals surface area contributed by atoms with Crippen molar-refractivity contribution in [2.75, 3.05) is 17.7 Å². The number of anilines is 2. The Balaban J connectivity index is 1.24. The molecular weight excluding hydrogens is 640 g/mol. The Morgan fingerprint density at radius 1 is 0.913 bits per heavy atom. The van der Waals surface area contributed by atoms with Crippen molar-refractivity contribution in [1.82, 2.24) is 10.3 Å². The van der Waals surface area contributed by atoms with Crippen molar-refractivity contribution in [2.45, 2.75) is 17.1 Å². The molecule has 1 aromatic heterocycles. The number of hydrogen-bond donors (Lipinski definition) is 3. The lowest BCUT2D eigenvalue weighted by Gasteiger charge is -2.13. The number of nitrogens with one attached hydrogen (secondary N) is 3. The molecule has 1 atom stereocenters. The fraction of sp³-hybridized carbons (Fsp3) is 0.0857. The van der Waals surface area contributed by atoms with Gasteiger partial charge in [0.1, 0.15) is 11.4 Å². The Morgan fingerprint density at radius 2 is 1.65 bits per heavy atom. The second-order valence-electron chi connectivity index (χ2n) is 9.93. The molecule has 0 bridgehead atoms. The maximum atomic E-state index is 13.4. The standard InChI is InChI=1S/C35H29ClN4O4S2/c1-22(32(41)40-35-39-31(21-45-35)24-13-17-28(44-2)18-14-24)46-29-10-6-9-27(20-29)37-34(43)30(19-23-11-15-26(36)16-12-23)38-33(42)25-7-4-3-5-8-25/h3-22H,1-2H3,(H,37,43)(H,38,42)(H,39,40,41)/b30-19-. The van der Waals surface area contributed by atoms with E-state index in [1.165, 1.54) is 23.1 Å². The average molecular weight is 669 g/mol. The van der Waals surface area contributed by atoms with Gasteiger partial charge in [-0.05, 0) is 85.3 Å². The number of carbonyl (C=O) groups is 3. The van der Waals surface area contributed by atoms with E-state index in [1.807, 2.05) is 41.8 Å². The molecule has 0 aliphatic heterocycles. The van der Waals surface area contributed by atoms with E-state index in [2.05, 4.69) is 20.9 Å².